The lowest BCUT2D eigenvalue weighted by Crippen LogP contribution is -2.37. The van der Waals surface area contributed by atoms with E-state index in [-0.39, 0.29) is 32.5 Å². The van der Waals surface area contributed by atoms with E-state index in [1.54, 1.807) is 0 Å². The average molecular weight is 522 g/mol. The lowest BCUT2D eigenvalue weighted by atomic mass is 9.92. The van der Waals surface area contributed by atoms with Gasteiger partial charge in [0.15, 0.2) is 5.71 Å². The first-order valence-electron chi connectivity index (χ1n) is 9.44. The topological polar surface area (TPSA) is 209 Å². The maximum absolute atomic E-state index is 13.2. The fraction of sp³-hybridized carbons (Fsp3) is 0.100. The van der Waals surface area contributed by atoms with E-state index in [1.807, 2.05) is 0 Å². The van der Waals surface area contributed by atoms with Crippen molar-refractivity contribution in [3.05, 3.63) is 67.9 Å². The van der Waals surface area contributed by atoms with E-state index in [2.05, 4.69) is 25.1 Å². The monoisotopic (exact) mass is 521 g/mol. The van der Waals surface area contributed by atoms with Crippen LogP contribution in [-0.4, -0.2) is 45.6 Å². The number of carbonyl (C=O) groups excluding carboxylic acids is 3. The van der Waals surface area contributed by atoms with Crippen LogP contribution in [-0.2, 0) is 19.1 Å². The van der Waals surface area contributed by atoms with Gasteiger partial charge in [0.25, 0.3) is 5.91 Å². The number of benzene rings is 2. The van der Waals surface area contributed by atoms with Crippen LogP contribution in [0.5, 0.6) is 5.88 Å². The molecule has 0 radical (unpaired) electrons. The molecule has 1 aliphatic heterocycles. The molecule has 1 aromatic rings. The van der Waals surface area contributed by atoms with Gasteiger partial charge in [-0.15, -0.1) is 0 Å². The standard InChI is InChI=1S/C20H15Cl2N6O7/c1-35-20(32)16(27-23)14(17(29)19(31)25-12-6-8(21)2-4-10(12)22)15-18(30)26-13-7-9(28(33)34)3-5-11(13)24-15/h2-7,14H,1H3,(H5-,23,24,25,26,27,29,30,31,32,33,34)/q-1. The quantitative estimate of drug-likeness (QED) is 0.120. The molecule has 2 aliphatic rings. The van der Waals surface area contributed by atoms with Crippen molar-refractivity contribution in [2.75, 3.05) is 12.4 Å². The largest absolute Gasteiger partial charge is 0.612 e. The van der Waals surface area contributed by atoms with E-state index in [4.69, 9.17) is 29.0 Å². The smallest absolute Gasteiger partial charge is 0.355 e. The molecule has 0 bridgehead atoms. The summed E-state index contributed by atoms with van der Waals surface area (Å²) in [5, 5.41) is 38.1. The number of esters is 1. The van der Waals surface area contributed by atoms with Crippen LogP contribution in [0.1, 0.15) is 11.6 Å². The van der Waals surface area contributed by atoms with E-state index < -0.39 is 45.8 Å². The fourth-order valence-electron chi connectivity index (χ4n) is 3.05. The fourth-order valence-corrected chi connectivity index (χ4v) is 3.38. The highest BCUT2D eigenvalue weighted by Crippen LogP contribution is 2.31. The Morgan fingerprint density at radius 1 is 1.23 bits per heavy atom. The number of rotatable bonds is 6. The molecule has 182 valence electrons. The van der Waals surface area contributed by atoms with Crippen LogP contribution in [0.4, 0.5) is 5.69 Å². The Morgan fingerprint density at radius 3 is 2.57 bits per heavy atom. The zero-order chi connectivity index (χ0) is 25.9. The van der Waals surface area contributed by atoms with Crippen LogP contribution in [0, 0.1) is 10.4 Å². The Bertz CT molecular complexity index is 1400. The normalized spacial score (nSPS) is 12.1. The van der Waals surface area contributed by atoms with Gasteiger partial charge in [0, 0.05) is 17.2 Å². The summed E-state index contributed by atoms with van der Waals surface area (Å²) in [7, 11) is 0.986. The molecule has 1 amide bonds. The molecule has 1 atom stereocenters. The first kappa shape index (κ1) is 25.3. The molecule has 1 aliphatic carbocycles. The van der Waals surface area contributed by atoms with Crippen LogP contribution >= 0.6 is 23.2 Å². The number of amides is 1. The van der Waals surface area contributed by atoms with Crippen molar-refractivity contribution in [3.8, 4) is 17.3 Å². The molecule has 1 unspecified atom stereocenters. The molecule has 0 spiro atoms. The van der Waals surface area contributed by atoms with Crippen molar-refractivity contribution in [1.82, 2.24) is 14.9 Å². The van der Waals surface area contributed by atoms with Crippen molar-refractivity contribution < 1.29 is 24.2 Å². The van der Waals surface area contributed by atoms with E-state index in [1.165, 1.54) is 24.3 Å². The van der Waals surface area contributed by atoms with Gasteiger partial charge in [0.2, 0.25) is 17.0 Å². The third-order valence-electron chi connectivity index (χ3n) is 4.67. The summed E-state index contributed by atoms with van der Waals surface area (Å²) in [5.74, 6) is -1.16. The number of anilines is 1. The van der Waals surface area contributed by atoms with E-state index in [0.717, 1.165) is 19.2 Å². The number of nitrogens with two attached hydrogens (primary N) is 1. The number of hydrogen-bond donors (Lipinski definition) is 4. The molecule has 15 heteroatoms. The number of aromatic amines is 1. The number of nitrogens with one attached hydrogen (secondary N) is 2. The summed E-state index contributed by atoms with van der Waals surface area (Å²) in [6.45, 7) is 0. The van der Waals surface area contributed by atoms with Gasteiger partial charge in [-0.25, -0.2) is 9.78 Å². The van der Waals surface area contributed by atoms with Gasteiger partial charge in [-0.05, 0) is 24.3 Å². The number of aromatic hydroxyl groups is 1. The number of halogens is 2. The van der Waals surface area contributed by atoms with Crippen molar-refractivity contribution >= 4 is 52.3 Å². The zero-order valence-corrected chi connectivity index (χ0v) is 19.1. The Labute approximate surface area is 206 Å². The molecule has 0 fully saturated rings. The predicted octanol–water partition coefficient (Wildman–Crippen LogP) is 1.07. The molecular formula is C20H15Cl2N6O7-. The van der Waals surface area contributed by atoms with Crippen LogP contribution in [0.15, 0.2) is 41.5 Å². The number of nitrogens with zero attached hydrogens (tertiary/aromatic N) is 3. The number of ketones is 1. The lowest BCUT2D eigenvalue weighted by molar-refractivity contribution is -0.136. The van der Waals surface area contributed by atoms with Crippen molar-refractivity contribution in [1.29, 1.82) is 0 Å². The lowest BCUT2D eigenvalue weighted by Gasteiger charge is -2.18. The Balaban J connectivity index is 2.14. The SMILES string of the molecule is COC(=O)/C(=N/N)C(C(=O)C(=O)Nc1cc(Cl)ccc1Cl)c1nc2ccc(=[N+]([O-])[O-])cc-2[nH]c1O. The number of hydrazone groups is 1. The number of Topliss-reactive ketones (excluding diaryl/α,β-unsaturated/α-hetero) is 1. The van der Waals surface area contributed by atoms with Crippen molar-refractivity contribution in [2.24, 2.45) is 10.9 Å². The molecular weight excluding hydrogens is 507 g/mol. The third-order valence-corrected chi connectivity index (χ3v) is 5.24. The molecule has 35 heavy (non-hydrogen) atoms. The highest BCUT2D eigenvalue weighted by molar-refractivity contribution is 6.53. The summed E-state index contributed by atoms with van der Waals surface area (Å²) in [5.41, 5.74) is -1.18. The molecule has 0 aromatic heterocycles. The van der Waals surface area contributed by atoms with Gasteiger partial charge in [0.05, 0.1) is 29.2 Å². The van der Waals surface area contributed by atoms with Gasteiger partial charge in [-0.3, -0.25) is 9.59 Å². The second-order valence-corrected chi connectivity index (χ2v) is 7.65. The maximum Gasteiger partial charge on any atom is 0.355 e. The van der Waals surface area contributed by atoms with Crippen LogP contribution < -0.4 is 21.4 Å². The number of methoxy groups -OCH3 is 1. The minimum atomic E-state index is -1.93. The Hall–Kier alpha value is -4.36. The summed E-state index contributed by atoms with van der Waals surface area (Å²) >= 11 is 11.9. The van der Waals surface area contributed by atoms with E-state index in [0.29, 0.717) is 0 Å². The van der Waals surface area contributed by atoms with Crippen LogP contribution in [0.2, 0.25) is 10.0 Å². The second kappa shape index (κ2) is 10.3. The first-order chi connectivity index (χ1) is 16.6. The Morgan fingerprint density at radius 2 is 1.94 bits per heavy atom. The summed E-state index contributed by atoms with van der Waals surface area (Å²) < 4.78 is 4.59. The summed E-state index contributed by atoms with van der Waals surface area (Å²) in [6.07, 6.45) is 0. The highest BCUT2D eigenvalue weighted by atomic mass is 35.5. The number of ether oxygens (including phenoxy) is 1. The first-order valence-corrected chi connectivity index (χ1v) is 10.2. The van der Waals surface area contributed by atoms with Gasteiger partial charge in [0.1, 0.15) is 11.6 Å². The molecule has 0 saturated heterocycles. The number of carbonyl (C=O) groups is 3. The minimum absolute atomic E-state index is 0.00450. The van der Waals surface area contributed by atoms with Crippen molar-refractivity contribution in [2.45, 2.75) is 5.92 Å². The van der Waals surface area contributed by atoms with Gasteiger partial charge < -0.3 is 36.4 Å². The van der Waals surface area contributed by atoms with Gasteiger partial charge in [-0.1, -0.05) is 23.2 Å². The predicted molar refractivity (Wildman–Crippen MR) is 125 cm³/mol. The average Bonchev–Trinajstić information content (AvgIpc) is 2.83. The molecule has 1 aromatic carbocycles. The van der Waals surface area contributed by atoms with Gasteiger partial charge in [-0.2, -0.15) is 10.0 Å². The van der Waals surface area contributed by atoms with E-state index in [9.17, 15) is 29.9 Å². The third kappa shape index (κ3) is 5.26. The molecule has 1 heterocycles. The number of aromatic nitrogens is 2. The highest BCUT2D eigenvalue weighted by Gasteiger charge is 2.39. The molecule has 5 N–H and O–H groups in total. The van der Waals surface area contributed by atoms with Crippen LogP contribution in [0.25, 0.3) is 11.4 Å². The molecule has 13 nitrogen and oxygen atoms in total. The summed E-state index contributed by atoms with van der Waals surface area (Å²) in [6, 6.07) is 7.58. The molecule has 3 rings (SSSR count). The zero-order valence-electron chi connectivity index (χ0n) is 17.6. The number of hydrogen-bond acceptors (Lipinski definition) is 10. The van der Waals surface area contributed by atoms with Crippen LogP contribution in [0.3, 0.4) is 0 Å². The summed E-state index contributed by atoms with van der Waals surface area (Å²) in [4.78, 5) is 44.2. The number of H-pyrrole nitrogens is 1. The van der Waals surface area contributed by atoms with Crippen molar-refractivity contribution in [3.63, 3.8) is 0 Å². The van der Waals surface area contributed by atoms with Gasteiger partial charge >= 0.3 is 5.97 Å². The Kier molecular flexibility index (Phi) is 7.42. The maximum atomic E-state index is 13.2. The minimum Gasteiger partial charge on any atom is -0.612 e. The van der Waals surface area contributed by atoms with E-state index >= 15 is 0 Å². The molecule has 0 saturated carbocycles. The second-order valence-electron chi connectivity index (χ2n) is 6.81. The number of fused-ring (bicyclic) bond motifs is 1.